The van der Waals surface area contributed by atoms with Gasteiger partial charge in [-0.1, -0.05) is 66.7 Å². The van der Waals surface area contributed by atoms with Crippen molar-refractivity contribution in [3.05, 3.63) is 84.4 Å². The van der Waals surface area contributed by atoms with Gasteiger partial charge in [0.2, 0.25) is 0 Å². The summed E-state index contributed by atoms with van der Waals surface area (Å²) in [6.45, 7) is 4.59. The quantitative estimate of drug-likeness (QED) is 0.657. The van der Waals surface area contributed by atoms with E-state index in [9.17, 15) is 4.79 Å². The first kappa shape index (κ1) is 18.8. The summed E-state index contributed by atoms with van der Waals surface area (Å²) in [5, 5.41) is 0. The van der Waals surface area contributed by atoms with Crippen LogP contribution in [0.3, 0.4) is 0 Å². The highest BCUT2D eigenvalue weighted by Crippen LogP contribution is 2.36. The molecule has 0 aliphatic carbocycles. The van der Waals surface area contributed by atoms with Crippen molar-refractivity contribution in [3.63, 3.8) is 0 Å². The SMILES string of the molecule is C=CC[C@@H]1OC(=O)N2CCCC[C@@H]2[C@@H]1OC(c1ccccc1)c1ccccc1. The van der Waals surface area contributed by atoms with Crippen LogP contribution in [0.15, 0.2) is 73.3 Å². The predicted octanol–water partition coefficient (Wildman–Crippen LogP) is 5.11. The van der Waals surface area contributed by atoms with E-state index in [0.717, 1.165) is 36.9 Å². The minimum absolute atomic E-state index is 0.0508. The van der Waals surface area contributed by atoms with Crippen LogP contribution in [0, 0.1) is 0 Å². The molecule has 2 aliphatic rings. The molecule has 2 aliphatic heterocycles. The topological polar surface area (TPSA) is 38.8 Å². The van der Waals surface area contributed by atoms with Crippen molar-refractivity contribution in [1.82, 2.24) is 4.90 Å². The lowest BCUT2D eigenvalue weighted by molar-refractivity contribution is -0.142. The van der Waals surface area contributed by atoms with E-state index in [0.29, 0.717) is 6.42 Å². The maximum Gasteiger partial charge on any atom is 0.410 e. The molecule has 0 spiro atoms. The van der Waals surface area contributed by atoms with Gasteiger partial charge in [-0.3, -0.25) is 0 Å². The molecule has 2 aromatic rings. The van der Waals surface area contributed by atoms with Crippen LogP contribution in [-0.4, -0.2) is 35.8 Å². The Bertz CT molecular complexity index is 753. The van der Waals surface area contributed by atoms with Gasteiger partial charge in [0.05, 0.1) is 6.04 Å². The fourth-order valence-corrected chi connectivity index (χ4v) is 4.32. The van der Waals surface area contributed by atoms with Crippen LogP contribution in [0.25, 0.3) is 0 Å². The van der Waals surface area contributed by atoms with E-state index >= 15 is 0 Å². The molecule has 0 aromatic heterocycles. The Morgan fingerprint density at radius 2 is 1.71 bits per heavy atom. The van der Waals surface area contributed by atoms with Crippen molar-refractivity contribution in [1.29, 1.82) is 0 Å². The zero-order chi connectivity index (χ0) is 19.3. The van der Waals surface area contributed by atoms with Gasteiger partial charge in [-0.2, -0.15) is 0 Å². The molecule has 0 unspecified atom stereocenters. The molecule has 0 bridgehead atoms. The van der Waals surface area contributed by atoms with Gasteiger partial charge < -0.3 is 14.4 Å². The van der Waals surface area contributed by atoms with Crippen LogP contribution in [0.1, 0.15) is 42.9 Å². The van der Waals surface area contributed by atoms with Gasteiger partial charge >= 0.3 is 6.09 Å². The van der Waals surface area contributed by atoms with E-state index < -0.39 is 0 Å². The number of cyclic esters (lactones) is 1. The summed E-state index contributed by atoms with van der Waals surface area (Å²) < 4.78 is 12.6. The molecule has 2 heterocycles. The molecule has 1 amide bonds. The Kier molecular flexibility index (Phi) is 5.77. The standard InChI is InChI=1S/C24H27NO3/c1-2-11-21-23(20-16-9-10-17-25(20)24(26)27-21)28-22(18-12-5-3-6-13-18)19-14-7-4-8-15-19/h2-8,12-15,20-23H,1,9-11,16-17H2/t20-,21+,23+/m1/s1. The summed E-state index contributed by atoms with van der Waals surface area (Å²) in [7, 11) is 0. The maximum absolute atomic E-state index is 12.5. The third-order valence-electron chi connectivity index (χ3n) is 5.68. The average Bonchev–Trinajstić information content (AvgIpc) is 2.75. The molecular weight excluding hydrogens is 350 g/mol. The van der Waals surface area contributed by atoms with E-state index in [1.54, 1.807) is 0 Å². The summed E-state index contributed by atoms with van der Waals surface area (Å²) >= 11 is 0. The van der Waals surface area contributed by atoms with Crippen LogP contribution in [0.5, 0.6) is 0 Å². The van der Waals surface area contributed by atoms with Crippen LogP contribution in [0.2, 0.25) is 0 Å². The Morgan fingerprint density at radius 3 is 2.32 bits per heavy atom. The number of fused-ring (bicyclic) bond motifs is 1. The number of ether oxygens (including phenoxy) is 2. The number of amides is 1. The van der Waals surface area contributed by atoms with Crippen molar-refractivity contribution < 1.29 is 14.3 Å². The molecular formula is C24H27NO3. The number of carbonyl (C=O) groups excluding carboxylic acids is 1. The molecule has 28 heavy (non-hydrogen) atoms. The van der Waals surface area contributed by atoms with Gasteiger partial charge in [-0.05, 0) is 30.4 Å². The highest BCUT2D eigenvalue weighted by atomic mass is 16.6. The maximum atomic E-state index is 12.5. The second kappa shape index (κ2) is 8.61. The highest BCUT2D eigenvalue weighted by Gasteiger charge is 2.46. The number of benzene rings is 2. The second-order valence-electron chi connectivity index (χ2n) is 7.51. The first-order valence-corrected chi connectivity index (χ1v) is 10.1. The predicted molar refractivity (Wildman–Crippen MR) is 109 cm³/mol. The van der Waals surface area contributed by atoms with Crippen molar-refractivity contribution in [2.45, 2.75) is 50.0 Å². The van der Waals surface area contributed by atoms with Gasteiger partial charge in [0.15, 0.2) is 0 Å². The molecule has 0 radical (unpaired) electrons. The third kappa shape index (κ3) is 3.83. The molecule has 2 saturated heterocycles. The minimum Gasteiger partial charge on any atom is -0.443 e. The van der Waals surface area contributed by atoms with E-state index in [-0.39, 0.29) is 30.4 Å². The van der Waals surface area contributed by atoms with Gasteiger partial charge in [-0.25, -0.2) is 4.79 Å². The van der Waals surface area contributed by atoms with Crippen molar-refractivity contribution in [2.75, 3.05) is 6.54 Å². The lowest BCUT2D eigenvalue weighted by Crippen LogP contribution is -2.60. The zero-order valence-electron chi connectivity index (χ0n) is 16.1. The van der Waals surface area contributed by atoms with Gasteiger partial charge in [0.1, 0.15) is 18.3 Å². The average molecular weight is 377 g/mol. The first-order valence-electron chi connectivity index (χ1n) is 10.1. The van der Waals surface area contributed by atoms with E-state index in [2.05, 4.69) is 30.8 Å². The molecule has 2 aromatic carbocycles. The Morgan fingerprint density at radius 1 is 1.07 bits per heavy atom. The summed E-state index contributed by atoms with van der Waals surface area (Å²) in [5.41, 5.74) is 2.20. The molecule has 4 heteroatoms. The summed E-state index contributed by atoms with van der Waals surface area (Å²) in [5.74, 6) is 0. The molecule has 0 saturated carbocycles. The lowest BCUT2D eigenvalue weighted by atomic mass is 9.91. The molecule has 0 N–H and O–H groups in total. The number of hydrogen-bond donors (Lipinski definition) is 0. The van der Waals surface area contributed by atoms with Gasteiger partial charge in [0.25, 0.3) is 0 Å². The number of hydrogen-bond acceptors (Lipinski definition) is 3. The smallest absolute Gasteiger partial charge is 0.410 e. The monoisotopic (exact) mass is 377 g/mol. The van der Waals surface area contributed by atoms with Gasteiger partial charge in [0, 0.05) is 13.0 Å². The third-order valence-corrected chi connectivity index (χ3v) is 5.68. The van der Waals surface area contributed by atoms with Gasteiger partial charge in [-0.15, -0.1) is 6.58 Å². The molecule has 2 fully saturated rings. The Labute approximate surface area is 166 Å². The largest absolute Gasteiger partial charge is 0.443 e. The van der Waals surface area contributed by atoms with Crippen molar-refractivity contribution >= 4 is 6.09 Å². The highest BCUT2D eigenvalue weighted by molar-refractivity contribution is 5.69. The number of rotatable bonds is 6. The normalized spacial score (nSPS) is 24.5. The number of piperidine rings is 1. The molecule has 4 rings (SSSR count). The zero-order valence-corrected chi connectivity index (χ0v) is 16.1. The Hall–Kier alpha value is -2.59. The Balaban J connectivity index is 1.68. The minimum atomic E-state index is -0.306. The molecule has 146 valence electrons. The van der Waals surface area contributed by atoms with Crippen LogP contribution in [0.4, 0.5) is 4.79 Å². The first-order chi connectivity index (χ1) is 13.8. The van der Waals surface area contributed by atoms with E-state index in [4.69, 9.17) is 9.47 Å². The fourth-order valence-electron chi connectivity index (χ4n) is 4.32. The number of nitrogens with zero attached hydrogens (tertiary/aromatic N) is 1. The van der Waals surface area contributed by atoms with Crippen LogP contribution in [-0.2, 0) is 9.47 Å². The second-order valence-corrected chi connectivity index (χ2v) is 7.51. The van der Waals surface area contributed by atoms with Crippen molar-refractivity contribution in [2.24, 2.45) is 0 Å². The fraction of sp³-hybridized carbons (Fsp3) is 0.375. The summed E-state index contributed by atoms with van der Waals surface area (Å²) in [4.78, 5) is 14.4. The van der Waals surface area contributed by atoms with Crippen LogP contribution < -0.4 is 0 Å². The molecule has 4 nitrogen and oxygen atoms in total. The van der Waals surface area contributed by atoms with E-state index in [1.807, 2.05) is 47.4 Å². The summed E-state index contributed by atoms with van der Waals surface area (Å²) in [6.07, 6.45) is 4.56. The van der Waals surface area contributed by atoms with Crippen LogP contribution >= 0.6 is 0 Å². The lowest BCUT2D eigenvalue weighted by Gasteiger charge is -2.47. The molecule has 3 atom stereocenters. The summed E-state index contributed by atoms with van der Waals surface area (Å²) in [6, 6.07) is 20.6. The van der Waals surface area contributed by atoms with Crippen molar-refractivity contribution in [3.8, 4) is 0 Å². The number of carbonyl (C=O) groups is 1. The van der Waals surface area contributed by atoms with E-state index in [1.165, 1.54) is 0 Å².